The number of rotatable bonds is 2. The van der Waals surface area contributed by atoms with Gasteiger partial charge in [0.2, 0.25) is 0 Å². The molecule has 1 N–H and O–H groups in total. The predicted octanol–water partition coefficient (Wildman–Crippen LogP) is 4.27. The van der Waals surface area contributed by atoms with Crippen molar-refractivity contribution in [3.63, 3.8) is 0 Å². The second-order valence-electron chi connectivity index (χ2n) is 3.72. The minimum absolute atomic E-state index is 0.00553. The van der Waals surface area contributed by atoms with Gasteiger partial charge in [-0.15, -0.1) is 0 Å². The standard InChI is InChI=1S/C13H6BrCl2N3O/c14-8-1-3-10(7(5-8)6-17)18-13(20)12-9(15)2-4-11(16)19-12/h1-5H,(H,18,20). The van der Waals surface area contributed by atoms with Gasteiger partial charge in [-0.05, 0) is 30.3 Å². The zero-order valence-electron chi connectivity index (χ0n) is 9.82. The van der Waals surface area contributed by atoms with E-state index in [1.807, 2.05) is 6.07 Å². The van der Waals surface area contributed by atoms with Crippen LogP contribution in [0.15, 0.2) is 34.8 Å². The van der Waals surface area contributed by atoms with Crippen molar-refractivity contribution in [1.29, 1.82) is 5.26 Å². The van der Waals surface area contributed by atoms with Crippen LogP contribution in [0.4, 0.5) is 5.69 Å². The summed E-state index contributed by atoms with van der Waals surface area (Å²) in [6.07, 6.45) is 0. The maximum Gasteiger partial charge on any atom is 0.275 e. The molecule has 0 bridgehead atoms. The topological polar surface area (TPSA) is 65.8 Å². The molecule has 1 amide bonds. The number of nitrogens with zero attached hydrogens (tertiary/aromatic N) is 2. The molecule has 0 aliphatic carbocycles. The summed E-state index contributed by atoms with van der Waals surface area (Å²) in [5.74, 6) is -0.531. The van der Waals surface area contributed by atoms with Gasteiger partial charge in [0.25, 0.3) is 5.91 Å². The number of anilines is 1. The van der Waals surface area contributed by atoms with E-state index < -0.39 is 5.91 Å². The fraction of sp³-hybridized carbons (Fsp3) is 0. The molecular weight excluding hydrogens is 365 g/mol. The van der Waals surface area contributed by atoms with Crippen LogP contribution in [-0.2, 0) is 0 Å². The number of nitrogens with one attached hydrogen (secondary N) is 1. The van der Waals surface area contributed by atoms with Crippen molar-refractivity contribution in [3.8, 4) is 6.07 Å². The Morgan fingerprint density at radius 2 is 2.05 bits per heavy atom. The van der Waals surface area contributed by atoms with Gasteiger partial charge in [0.05, 0.1) is 16.3 Å². The summed E-state index contributed by atoms with van der Waals surface area (Å²) in [5.41, 5.74) is 0.704. The molecule has 0 atom stereocenters. The summed E-state index contributed by atoms with van der Waals surface area (Å²) in [6.45, 7) is 0. The van der Waals surface area contributed by atoms with Crippen LogP contribution in [0.25, 0.3) is 0 Å². The number of aromatic nitrogens is 1. The van der Waals surface area contributed by atoms with Gasteiger partial charge in [-0.3, -0.25) is 4.79 Å². The van der Waals surface area contributed by atoms with E-state index in [0.717, 1.165) is 4.47 Å². The van der Waals surface area contributed by atoms with Crippen LogP contribution in [0.2, 0.25) is 10.2 Å². The zero-order valence-corrected chi connectivity index (χ0v) is 12.9. The molecule has 1 heterocycles. The van der Waals surface area contributed by atoms with Crippen molar-refractivity contribution >= 4 is 50.7 Å². The minimum Gasteiger partial charge on any atom is -0.319 e. The lowest BCUT2D eigenvalue weighted by Gasteiger charge is -2.08. The molecule has 2 rings (SSSR count). The molecular formula is C13H6BrCl2N3O. The van der Waals surface area contributed by atoms with Crippen molar-refractivity contribution in [2.24, 2.45) is 0 Å². The maximum atomic E-state index is 12.1. The van der Waals surface area contributed by atoms with E-state index in [1.54, 1.807) is 18.2 Å². The number of carbonyl (C=O) groups excluding carboxylic acids is 1. The summed E-state index contributed by atoms with van der Waals surface area (Å²) in [4.78, 5) is 16.0. The van der Waals surface area contributed by atoms with E-state index in [2.05, 4.69) is 26.2 Å². The average molecular weight is 371 g/mol. The van der Waals surface area contributed by atoms with Gasteiger partial charge in [0.1, 0.15) is 16.9 Å². The Labute approximate surface area is 133 Å². The SMILES string of the molecule is N#Cc1cc(Br)ccc1NC(=O)c1nc(Cl)ccc1Cl. The molecule has 0 fully saturated rings. The fourth-order valence-corrected chi connectivity index (χ4v) is 2.18. The van der Waals surface area contributed by atoms with E-state index in [1.165, 1.54) is 12.1 Å². The molecule has 100 valence electrons. The molecule has 0 aliphatic heterocycles. The maximum absolute atomic E-state index is 12.1. The molecule has 0 aliphatic rings. The van der Waals surface area contributed by atoms with Crippen LogP contribution in [0, 0.1) is 11.3 Å². The van der Waals surface area contributed by atoms with Crippen LogP contribution >= 0.6 is 39.1 Å². The Bertz CT molecular complexity index is 728. The van der Waals surface area contributed by atoms with Crippen LogP contribution in [-0.4, -0.2) is 10.9 Å². The Hall–Kier alpha value is -1.61. The normalized spacial score (nSPS) is 9.90. The Kier molecular flexibility index (Phi) is 4.61. The first kappa shape index (κ1) is 14.8. The second kappa shape index (κ2) is 6.23. The summed E-state index contributed by atoms with van der Waals surface area (Å²) >= 11 is 14.9. The summed E-state index contributed by atoms with van der Waals surface area (Å²) < 4.78 is 0.742. The number of hydrogen-bond donors (Lipinski definition) is 1. The molecule has 7 heteroatoms. The molecule has 0 saturated carbocycles. The number of hydrogen-bond acceptors (Lipinski definition) is 3. The van der Waals surface area contributed by atoms with E-state index in [9.17, 15) is 4.79 Å². The monoisotopic (exact) mass is 369 g/mol. The molecule has 4 nitrogen and oxygen atoms in total. The lowest BCUT2D eigenvalue weighted by atomic mass is 10.2. The number of amides is 1. The minimum atomic E-state index is -0.531. The molecule has 0 saturated heterocycles. The van der Waals surface area contributed by atoms with E-state index in [4.69, 9.17) is 28.5 Å². The quantitative estimate of drug-likeness (QED) is 0.802. The summed E-state index contributed by atoms with van der Waals surface area (Å²) in [7, 11) is 0. The fourth-order valence-electron chi connectivity index (χ4n) is 1.48. The van der Waals surface area contributed by atoms with E-state index in [0.29, 0.717) is 11.3 Å². The molecule has 1 aromatic heterocycles. The van der Waals surface area contributed by atoms with Gasteiger partial charge in [0.15, 0.2) is 0 Å². The third kappa shape index (κ3) is 3.28. The van der Waals surface area contributed by atoms with E-state index >= 15 is 0 Å². The highest BCUT2D eigenvalue weighted by Crippen LogP contribution is 2.22. The smallest absolute Gasteiger partial charge is 0.275 e. The number of benzene rings is 1. The van der Waals surface area contributed by atoms with Gasteiger partial charge >= 0.3 is 0 Å². The lowest BCUT2D eigenvalue weighted by molar-refractivity contribution is 0.102. The number of nitriles is 1. The third-order valence-corrected chi connectivity index (χ3v) is 3.39. The lowest BCUT2D eigenvalue weighted by Crippen LogP contribution is -2.15. The van der Waals surface area contributed by atoms with Crippen molar-refractivity contribution in [3.05, 3.63) is 56.2 Å². The average Bonchev–Trinajstić information content (AvgIpc) is 2.43. The van der Waals surface area contributed by atoms with E-state index in [-0.39, 0.29) is 15.9 Å². The van der Waals surface area contributed by atoms with Crippen LogP contribution in [0.1, 0.15) is 16.1 Å². The van der Waals surface area contributed by atoms with Crippen LogP contribution < -0.4 is 5.32 Å². The van der Waals surface area contributed by atoms with Crippen molar-refractivity contribution < 1.29 is 4.79 Å². The van der Waals surface area contributed by atoms with Crippen molar-refractivity contribution in [2.45, 2.75) is 0 Å². The van der Waals surface area contributed by atoms with Gasteiger partial charge in [-0.1, -0.05) is 39.1 Å². The largest absolute Gasteiger partial charge is 0.319 e. The Morgan fingerprint density at radius 3 is 2.75 bits per heavy atom. The van der Waals surface area contributed by atoms with Crippen molar-refractivity contribution in [1.82, 2.24) is 4.98 Å². The highest BCUT2D eigenvalue weighted by Gasteiger charge is 2.15. The molecule has 20 heavy (non-hydrogen) atoms. The number of carbonyl (C=O) groups is 1. The summed E-state index contributed by atoms with van der Waals surface area (Å²) in [6, 6.07) is 9.89. The number of halogens is 3. The molecule has 0 unspecified atom stereocenters. The van der Waals surface area contributed by atoms with Gasteiger partial charge in [0, 0.05) is 4.47 Å². The molecule has 1 aromatic carbocycles. The van der Waals surface area contributed by atoms with Gasteiger partial charge in [-0.25, -0.2) is 4.98 Å². The van der Waals surface area contributed by atoms with Gasteiger partial charge < -0.3 is 5.32 Å². The first-order chi connectivity index (χ1) is 9.51. The number of pyridine rings is 1. The predicted molar refractivity (Wildman–Crippen MR) is 81.1 cm³/mol. The Morgan fingerprint density at radius 1 is 1.30 bits per heavy atom. The van der Waals surface area contributed by atoms with Crippen molar-refractivity contribution in [2.75, 3.05) is 5.32 Å². The first-order valence-corrected chi connectivity index (χ1v) is 6.89. The zero-order chi connectivity index (χ0) is 14.7. The highest BCUT2D eigenvalue weighted by atomic mass is 79.9. The second-order valence-corrected chi connectivity index (χ2v) is 5.43. The Balaban J connectivity index is 2.33. The third-order valence-electron chi connectivity index (χ3n) is 2.38. The van der Waals surface area contributed by atoms with Crippen LogP contribution in [0.3, 0.4) is 0 Å². The van der Waals surface area contributed by atoms with Crippen LogP contribution in [0.5, 0.6) is 0 Å². The molecule has 0 radical (unpaired) electrons. The molecule has 2 aromatic rings. The highest BCUT2D eigenvalue weighted by molar-refractivity contribution is 9.10. The first-order valence-electron chi connectivity index (χ1n) is 5.34. The summed E-state index contributed by atoms with van der Waals surface area (Å²) in [5, 5.41) is 12.0. The molecule has 0 spiro atoms. The van der Waals surface area contributed by atoms with Gasteiger partial charge in [-0.2, -0.15) is 5.26 Å².